The number of hydrogen-bond acceptors (Lipinski definition) is 3. The SMILES string of the molecule is CC[C@H](C)NC(=O)c1ccccc1NC(=O)CSCc1ccc(Br)cc1. The molecule has 26 heavy (non-hydrogen) atoms. The standard InChI is InChI=1S/C20H23BrN2O2S/c1-3-14(2)22-20(25)17-6-4-5-7-18(17)23-19(24)13-26-12-15-8-10-16(21)11-9-15/h4-11,14H,3,12-13H2,1-2H3,(H,22,25)(H,23,24)/t14-/m0/s1. The number of carbonyl (C=O) groups is 2. The lowest BCUT2D eigenvalue weighted by atomic mass is 10.1. The molecule has 2 aromatic rings. The maximum absolute atomic E-state index is 12.4. The van der Waals surface area contributed by atoms with E-state index in [1.807, 2.05) is 44.2 Å². The highest BCUT2D eigenvalue weighted by atomic mass is 79.9. The maximum Gasteiger partial charge on any atom is 0.253 e. The van der Waals surface area contributed by atoms with Gasteiger partial charge < -0.3 is 10.6 Å². The molecule has 0 saturated heterocycles. The van der Waals surface area contributed by atoms with Crippen molar-refractivity contribution in [1.29, 1.82) is 0 Å². The van der Waals surface area contributed by atoms with Gasteiger partial charge in [0.25, 0.3) is 5.91 Å². The van der Waals surface area contributed by atoms with Gasteiger partial charge in [-0.3, -0.25) is 9.59 Å². The summed E-state index contributed by atoms with van der Waals surface area (Å²) in [6.45, 7) is 3.97. The Morgan fingerprint density at radius 3 is 2.50 bits per heavy atom. The van der Waals surface area contributed by atoms with Crippen LogP contribution >= 0.6 is 27.7 Å². The van der Waals surface area contributed by atoms with Crippen LogP contribution in [0.5, 0.6) is 0 Å². The second-order valence-corrected chi connectivity index (χ2v) is 7.90. The predicted molar refractivity (Wildman–Crippen MR) is 113 cm³/mol. The van der Waals surface area contributed by atoms with Crippen molar-refractivity contribution in [2.75, 3.05) is 11.1 Å². The first-order valence-corrected chi connectivity index (χ1v) is 10.5. The maximum atomic E-state index is 12.4. The van der Waals surface area contributed by atoms with E-state index in [0.717, 1.165) is 16.6 Å². The molecule has 2 amide bonds. The van der Waals surface area contributed by atoms with E-state index in [2.05, 4.69) is 26.6 Å². The molecule has 0 spiro atoms. The smallest absolute Gasteiger partial charge is 0.253 e. The Bertz CT molecular complexity index is 750. The molecule has 0 aliphatic carbocycles. The van der Waals surface area contributed by atoms with Gasteiger partial charge in [-0.15, -0.1) is 11.8 Å². The van der Waals surface area contributed by atoms with Crippen LogP contribution in [-0.2, 0) is 10.5 Å². The summed E-state index contributed by atoms with van der Waals surface area (Å²) in [6, 6.07) is 15.2. The summed E-state index contributed by atoms with van der Waals surface area (Å²) in [5, 5.41) is 5.78. The summed E-state index contributed by atoms with van der Waals surface area (Å²) in [7, 11) is 0. The van der Waals surface area contributed by atoms with Crippen LogP contribution in [0.1, 0.15) is 36.2 Å². The Morgan fingerprint density at radius 2 is 1.81 bits per heavy atom. The van der Waals surface area contributed by atoms with Crippen LogP contribution in [-0.4, -0.2) is 23.6 Å². The van der Waals surface area contributed by atoms with Crippen LogP contribution < -0.4 is 10.6 Å². The molecule has 2 aromatic carbocycles. The number of rotatable bonds is 8. The molecule has 1 atom stereocenters. The lowest BCUT2D eigenvalue weighted by molar-refractivity contribution is -0.113. The van der Waals surface area contributed by atoms with Gasteiger partial charge in [-0.25, -0.2) is 0 Å². The third-order valence-electron chi connectivity index (χ3n) is 3.85. The molecule has 4 nitrogen and oxygen atoms in total. The minimum Gasteiger partial charge on any atom is -0.350 e. The van der Waals surface area contributed by atoms with E-state index in [0.29, 0.717) is 17.0 Å². The number of halogens is 1. The Kier molecular flexibility index (Phi) is 8.19. The molecule has 0 fully saturated rings. The lowest BCUT2D eigenvalue weighted by Gasteiger charge is -2.14. The van der Waals surface area contributed by atoms with E-state index in [-0.39, 0.29) is 17.9 Å². The summed E-state index contributed by atoms with van der Waals surface area (Å²) >= 11 is 4.95. The molecule has 6 heteroatoms. The Balaban J connectivity index is 1.90. The van der Waals surface area contributed by atoms with Crippen molar-refractivity contribution in [3.63, 3.8) is 0 Å². The van der Waals surface area contributed by atoms with E-state index in [1.54, 1.807) is 30.0 Å². The minimum atomic E-state index is -0.169. The number of hydrogen-bond donors (Lipinski definition) is 2. The van der Waals surface area contributed by atoms with Gasteiger partial charge in [-0.1, -0.05) is 47.1 Å². The van der Waals surface area contributed by atoms with Crippen molar-refractivity contribution in [3.05, 3.63) is 64.1 Å². The third kappa shape index (κ3) is 6.50. The van der Waals surface area contributed by atoms with E-state index in [9.17, 15) is 9.59 Å². The first kappa shape index (κ1) is 20.5. The summed E-state index contributed by atoms with van der Waals surface area (Å²) < 4.78 is 1.04. The van der Waals surface area contributed by atoms with Crippen LogP contribution in [0, 0.1) is 0 Å². The number of amides is 2. The highest BCUT2D eigenvalue weighted by Gasteiger charge is 2.14. The number of carbonyl (C=O) groups excluding carboxylic acids is 2. The van der Waals surface area contributed by atoms with Gasteiger partial charge in [-0.05, 0) is 43.2 Å². The minimum absolute atomic E-state index is 0.0905. The number of nitrogens with one attached hydrogen (secondary N) is 2. The van der Waals surface area contributed by atoms with Crippen molar-refractivity contribution < 1.29 is 9.59 Å². The topological polar surface area (TPSA) is 58.2 Å². The number of para-hydroxylation sites is 1. The van der Waals surface area contributed by atoms with Crippen molar-refractivity contribution in [2.45, 2.75) is 32.1 Å². The van der Waals surface area contributed by atoms with Gasteiger partial charge in [0, 0.05) is 16.3 Å². The molecule has 2 N–H and O–H groups in total. The third-order valence-corrected chi connectivity index (χ3v) is 5.38. The average molecular weight is 435 g/mol. The molecular weight excluding hydrogens is 412 g/mol. The quantitative estimate of drug-likeness (QED) is 0.623. The summed E-state index contributed by atoms with van der Waals surface area (Å²) in [5.41, 5.74) is 2.20. The fourth-order valence-corrected chi connectivity index (χ4v) is 3.27. The van der Waals surface area contributed by atoms with E-state index in [4.69, 9.17) is 0 Å². The zero-order valence-corrected chi connectivity index (χ0v) is 17.3. The van der Waals surface area contributed by atoms with Crippen LogP contribution in [0.2, 0.25) is 0 Å². The van der Waals surface area contributed by atoms with Gasteiger partial charge in [0.2, 0.25) is 5.91 Å². The van der Waals surface area contributed by atoms with E-state index in [1.165, 1.54) is 5.56 Å². The largest absolute Gasteiger partial charge is 0.350 e. The molecule has 0 saturated carbocycles. The number of anilines is 1. The second kappa shape index (κ2) is 10.4. The summed E-state index contributed by atoms with van der Waals surface area (Å²) in [6.07, 6.45) is 0.854. The molecule has 0 aromatic heterocycles. The fraction of sp³-hybridized carbons (Fsp3) is 0.300. The number of thioether (sulfide) groups is 1. The van der Waals surface area contributed by atoms with Gasteiger partial charge in [0.1, 0.15) is 0 Å². The zero-order valence-electron chi connectivity index (χ0n) is 14.9. The molecule has 0 bridgehead atoms. The van der Waals surface area contributed by atoms with Gasteiger partial charge in [-0.2, -0.15) is 0 Å². The van der Waals surface area contributed by atoms with Gasteiger partial charge >= 0.3 is 0 Å². The van der Waals surface area contributed by atoms with E-state index >= 15 is 0 Å². The van der Waals surface area contributed by atoms with Crippen LogP contribution in [0.4, 0.5) is 5.69 Å². The second-order valence-electron chi connectivity index (χ2n) is 6.00. The van der Waals surface area contributed by atoms with Crippen LogP contribution in [0.25, 0.3) is 0 Å². The van der Waals surface area contributed by atoms with Crippen molar-refractivity contribution in [2.24, 2.45) is 0 Å². The first-order chi connectivity index (χ1) is 12.5. The van der Waals surface area contributed by atoms with E-state index < -0.39 is 0 Å². The predicted octanol–water partition coefficient (Wildman–Crippen LogP) is 4.85. The van der Waals surface area contributed by atoms with Crippen LogP contribution in [0.3, 0.4) is 0 Å². The molecule has 0 heterocycles. The molecule has 0 radical (unpaired) electrons. The fourth-order valence-electron chi connectivity index (χ4n) is 2.22. The Labute approximate surface area is 167 Å². The summed E-state index contributed by atoms with van der Waals surface area (Å²) in [4.78, 5) is 24.6. The highest BCUT2D eigenvalue weighted by molar-refractivity contribution is 9.10. The molecule has 2 rings (SSSR count). The first-order valence-electron chi connectivity index (χ1n) is 8.51. The number of benzene rings is 2. The monoisotopic (exact) mass is 434 g/mol. The summed E-state index contributed by atoms with van der Waals surface area (Å²) in [5.74, 6) is 0.808. The molecular formula is C20H23BrN2O2S. The van der Waals surface area contributed by atoms with Crippen molar-refractivity contribution >= 4 is 45.2 Å². The molecule has 0 aliphatic rings. The molecule has 0 unspecified atom stereocenters. The zero-order chi connectivity index (χ0) is 18.9. The molecule has 138 valence electrons. The normalized spacial score (nSPS) is 11.7. The van der Waals surface area contributed by atoms with Gasteiger partial charge in [0.15, 0.2) is 0 Å². The van der Waals surface area contributed by atoms with Crippen molar-refractivity contribution in [3.8, 4) is 0 Å². The lowest BCUT2D eigenvalue weighted by Crippen LogP contribution is -2.32. The average Bonchev–Trinajstić information content (AvgIpc) is 2.63. The van der Waals surface area contributed by atoms with Gasteiger partial charge in [0.05, 0.1) is 17.0 Å². The molecule has 0 aliphatic heterocycles. The highest BCUT2D eigenvalue weighted by Crippen LogP contribution is 2.18. The Morgan fingerprint density at radius 1 is 1.12 bits per heavy atom. The Hall–Kier alpha value is -1.79. The van der Waals surface area contributed by atoms with Crippen molar-refractivity contribution in [1.82, 2.24) is 5.32 Å². The van der Waals surface area contributed by atoms with Crippen LogP contribution in [0.15, 0.2) is 53.0 Å².